The summed E-state index contributed by atoms with van der Waals surface area (Å²) in [5.74, 6) is -0.193. The fraction of sp³-hybridized carbons (Fsp3) is 0.200. The molecule has 0 radical (unpaired) electrons. The maximum absolute atomic E-state index is 14.1. The first-order valence-corrected chi connectivity index (χ1v) is 8.53. The van der Waals surface area contributed by atoms with Crippen LogP contribution < -0.4 is 14.8 Å². The lowest BCUT2D eigenvalue weighted by atomic mass is 10.2. The van der Waals surface area contributed by atoms with Gasteiger partial charge < -0.3 is 19.5 Å². The number of halogens is 1. The van der Waals surface area contributed by atoms with Gasteiger partial charge in [-0.2, -0.15) is 5.10 Å². The number of nitrogens with zero attached hydrogens (tertiary/aromatic N) is 2. The lowest BCUT2D eigenvalue weighted by Gasteiger charge is -2.09. The maximum atomic E-state index is 14.1. The van der Waals surface area contributed by atoms with Crippen LogP contribution in [0.2, 0.25) is 0 Å². The third-order valence-electron chi connectivity index (χ3n) is 3.89. The first-order valence-electron chi connectivity index (χ1n) is 8.53. The summed E-state index contributed by atoms with van der Waals surface area (Å²) in [6, 6.07) is 13.0. The summed E-state index contributed by atoms with van der Waals surface area (Å²) in [5.41, 5.74) is 1.29. The number of hydrogen-bond donors (Lipinski definition) is 1. The summed E-state index contributed by atoms with van der Waals surface area (Å²) in [6.07, 6.45) is 1.67. The molecule has 146 valence electrons. The van der Waals surface area contributed by atoms with Crippen molar-refractivity contribution in [2.24, 2.45) is 0 Å². The van der Waals surface area contributed by atoms with Gasteiger partial charge in [-0.15, -0.1) is 0 Å². The molecule has 1 heterocycles. The highest BCUT2D eigenvalue weighted by atomic mass is 19.1. The SMILES string of the molecule is COCCOc1ccc(NC(=O)c2ccn(-c3ccc(OC)cc3)n2)cc1F. The van der Waals surface area contributed by atoms with Crippen molar-refractivity contribution in [1.29, 1.82) is 0 Å². The summed E-state index contributed by atoms with van der Waals surface area (Å²) in [4.78, 5) is 12.4. The first-order chi connectivity index (χ1) is 13.6. The molecule has 0 saturated heterocycles. The van der Waals surface area contributed by atoms with E-state index in [0.29, 0.717) is 12.3 Å². The summed E-state index contributed by atoms with van der Waals surface area (Å²) < 4.78 is 30.9. The van der Waals surface area contributed by atoms with Crippen LogP contribution in [0.4, 0.5) is 10.1 Å². The van der Waals surface area contributed by atoms with Crippen molar-refractivity contribution in [3.8, 4) is 17.2 Å². The van der Waals surface area contributed by atoms with E-state index in [2.05, 4.69) is 10.4 Å². The normalized spacial score (nSPS) is 10.5. The minimum atomic E-state index is -0.572. The Balaban J connectivity index is 1.66. The van der Waals surface area contributed by atoms with E-state index in [1.54, 1.807) is 42.3 Å². The van der Waals surface area contributed by atoms with Gasteiger partial charge in [0, 0.05) is 25.1 Å². The molecule has 1 aromatic heterocycles. The van der Waals surface area contributed by atoms with Gasteiger partial charge in [-0.1, -0.05) is 0 Å². The second-order valence-corrected chi connectivity index (χ2v) is 5.78. The molecule has 2 aromatic carbocycles. The van der Waals surface area contributed by atoms with Gasteiger partial charge >= 0.3 is 0 Å². The smallest absolute Gasteiger partial charge is 0.276 e. The van der Waals surface area contributed by atoms with Gasteiger partial charge in [0.25, 0.3) is 5.91 Å². The molecule has 3 aromatic rings. The number of methoxy groups -OCH3 is 2. The van der Waals surface area contributed by atoms with Crippen molar-refractivity contribution < 1.29 is 23.4 Å². The van der Waals surface area contributed by atoms with Crippen molar-refractivity contribution in [2.45, 2.75) is 0 Å². The second-order valence-electron chi connectivity index (χ2n) is 5.78. The Morgan fingerprint density at radius 2 is 1.89 bits per heavy atom. The Morgan fingerprint density at radius 3 is 2.57 bits per heavy atom. The van der Waals surface area contributed by atoms with E-state index in [1.807, 2.05) is 12.1 Å². The number of amides is 1. The molecule has 28 heavy (non-hydrogen) atoms. The number of carbonyl (C=O) groups is 1. The van der Waals surface area contributed by atoms with Crippen LogP contribution in [0.1, 0.15) is 10.5 Å². The molecule has 3 rings (SSSR count). The summed E-state index contributed by atoms with van der Waals surface area (Å²) in [5, 5.41) is 6.87. The van der Waals surface area contributed by atoms with E-state index in [0.717, 1.165) is 11.4 Å². The van der Waals surface area contributed by atoms with Gasteiger partial charge in [-0.05, 0) is 42.5 Å². The number of nitrogens with one attached hydrogen (secondary N) is 1. The van der Waals surface area contributed by atoms with Gasteiger partial charge in [0.15, 0.2) is 17.3 Å². The van der Waals surface area contributed by atoms with Crippen LogP contribution in [0, 0.1) is 5.82 Å². The third-order valence-corrected chi connectivity index (χ3v) is 3.89. The van der Waals surface area contributed by atoms with E-state index in [9.17, 15) is 9.18 Å². The van der Waals surface area contributed by atoms with Crippen molar-refractivity contribution >= 4 is 11.6 Å². The van der Waals surface area contributed by atoms with Crippen LogP contribution in [0.15, 0.2) is 54.7 Å². The number of benzene rings is 2. The molecule has 1 N–H and O–H groups in total. The van der Waals surface area contributed by atoms with E-state index in [1.165, 1.54) is 19.2 Å². The monoisotopic (exact) mass is 385 g/mol. The molecule has 0 bridgehead atoms. The third kappa shape index (κ3) is 4.66. The van der Waals surface area contributed by atoms with Crippen LogP contribution >= 0.6 is 0 Å². The van der Waals surface area contributed by atoms with Crippen molar-refractivity contribution in [3.63, 3.8) is 0 Å². The Morgan fingerprint density at radius 1 is 1.11 bits per heavy atom. The van der Waals surface area contributed by atoms with Crippen molar-refractivity contribution in [1.82, 2.24) is 9.78 Å². The lowest BCUT2D eigenvalue weighted by molar-refractivity contribution is 0.102. The molecular weight excluding hydrogens is 365 g/mol. The van der Waals surface area contributed by atoms with Crippen molar-refractivity contribution in [3.05, 3.63) is 66.2 Å². The zero-order valence-corrected chi connectivity index (χ0v) is 15.5. The molecule has 0 aliphatic carbocycles. The minimum Gasteiger partial charge on any atom is -0.497 e. The Hall–Kier alpha value is -3.39. The molecule has 0 spiro atoms. The number of ether oxygens (including phenoxy) is 3. The molecule has 0 saturated carbocycles. The highest BCUT2D eigenvalue weighted by Crippen LogP contribution is 2.22. The van der Waals surface area contributed by atoms with Gasteiger partial charge in [0.05, 0.1) is 19.4 Å². The molecule has 0 atom stereocenters. The number of aromatic nitrogens is 2. The molecule has 7 nitrogen and oxygen atoms in total. The van der Waals surface area contributed by atoms with Gasteiger partial charge in [-0.3, -0.25) is 4.79 Å². The first kappa shape index (κ1) is 19.4. The number of anilines is 1. The van der Waals surface area contributed by atoms with Crippen LogP contribution in [-0.4, -0.2) is 43.1 Å². The Labute approximate surface area is 161 Å². The van der Waals surface area contributed by atoms with Gasteiger partial charge in [0.2, 0.25) is 0 Å². The van der Waals surface area contributed by atoms with Crippen LogP contribution in [-0.2, 0) is 4.74 Å². The number of carbonyl (C=O) groups excluding carboxylic acids is 1. The summed E-state index contributed by atoms with van der Waals surface area (Å²) in [7, 11) is 3.13. The molecule has 0 aliphatic rings. The molecule has 8 heteroatoms. The predicted octanol–water partition coefficient (Wildman–Crippen LogP) is 3.30. The number of rotatable bonds is 8. The predicted molar refractivity (Wildman–Crippen MR) is 102 cm³/mol. The molecule has 0 aliphatic heterocycles. The highest BCUT2D eigenvalue weighted by Gasteiger charge is 2.12. The van der Waals surface area contributed by atoms with E-state index in [4.69, 9.17) is 14.2 Å². The van der Waals surface area contributed by atoms with Gasteiger partial charge in [0.1, 0.15) is 12.4 Å². The second kappa shape index (κ2) is 9.01. The standard InChI is InChI=1S/C20H20FN3O4/c1-26-11-12-28-19-8-3-14(13-17(19)21)22-20(25)18-9-10-24(23-18)15-4-6-16(27-2)7-5-15/h3-10,13H,11-12H2,1-2H3,(H,22,25). The molecular formula is C20H20FN3O4. The summed E-state index contributed by atoms with van der Waals surface area (Å²) in [6.45, 7) is 0.594. The minimum absolute atomic E-state index is 0.0961. The zero-order valence-electron chi connectivity index (χ0n) is 15.5. The largest absolute Gasteiger partial charge is 0.497 e. The molecule has 1 amide bonds. The maximum Gasteiger partial charge on any atom is 0.276 e. The van der Waals surface area contributed by atoms with Crippen molar-refractivity contribution in [2.75, 3.05) is 32.8 Å². The van der Waals surface area contributed by atoms with Crippen LogP contribution in [0.3, 0.4) is 0 Å². The van der Waals surface area contributed by atoms with E-state index >= 15 is 0 Å². The fourth-order valence-corrected chi connectivity index (χ4v) is 2.45. The average molecular weight is 385 g/mol. The topological polar surface area (TPSA) is 74.6 Å². The van der Waals surface area contributed by atoms with E-state index in [-0.39, 0.29) is 18.1 Å². The highest BCUT2D eigenvalue weighted by molar-refractivity contribution is 6.02. The fourth-order valence-electron chi connectivity index (χ4n) is 2.45. The van der Waals surface area contributed by atoms with Crippen LogP contribution in [0.5, 0.6) is 11.5 Å². The van der Waals surface area contributed by atoms with Gasteiger partial charge in [-0.25, -0.2) is 9.07 Å². The quantitative estimate of drug-likeness (QED) is 0.602. The van der Waals surface area contributed by atoms with Crippen LogP contribution in [0.25, 0.3) is 5.69 Å². The average Bonchev–Trinajstić information content (AvgIpc) is 3.20. The zero-order chi connectivity index (χ0) is 19.9. The number of hydrogen-bond acceptors (Lipinski definition) is 5. The Kier molecular flexibility index (Phi) is 6.23. The lowest BCUT2D eigenvalue weighted by Crippen LogP contribution is -2.13. The molecule has 0 unspecified atom stereocenters. The summed E-state index contributed by atoms with van der Waals surface area (Å²) >= 11 is 0. The molecule has 0 fully saturated rings. The Bertz CT molecular complexity index is 941. The van der Waals surface area contributed by atoms with E-state index < -0.39 is 11.7 Å².